The lowest BCUT2D eigenvalue weighted by Gasteiger charge is -2.05. The number of hydrogen-bond acceptors (Lipinski definition) is 6. The predicted octanol–water partition coefficient (Wildman–Crippen LogP) is 3.02. The number of nitrogens with zero attached hydrogens (tertiary/aromatic N) is 2. The van der Waals surface area contributed by atoms with E-state index < -0.39 is 10.1 Å². The molecule has 3 aromatic carbocycles. The first-order valence-electron chi connectivity index (χ1n) is 9.04. The predicted molar refractivity (Wildman–Crippen MR) is 116 cm³/mol. The number of fused-ring (bicyclic) bond motifs is 1. The average Bonchev–Trinajstić information content (AvgIpc) is 2.74. The third-order valence-electron chi connectivity index (χ3n) is 4.38. The molecule has 31 heavy (non-hydrogen) atoms. The maximum absolute atomic E-state index is 12.4. The van der Waals surface area contributed by atoms with Crippen molar-refractivity contribution in [2.24, 2.45) is 0 Å². The summed E-state index contributed by atoms with van der Waals surface area (Å²) in [6, 6.07) is 19.8. The molecule has 0 bridgehead atoms. The quantitative estimate of drug-likeness (QED) is 0.219. The fourth-order valence-electron chi connectivity index (χ4n) is 2.72. The maximum atomic E-state index is 12.4. The van der Waals surface area contributed by atoms with Crippen molar-refractivity contribution in [3.8, 4) is 0 Å². The molecular weight excluding hydrogens is 438 g/mol. The van der Waals surface area contributed by atoms with E-state index in [0.29, 0.717) is 21.8 Å². The van der Waals surface area contributed by atoms with Crippen LogP contribution in [0, 0.1) is 6.92 Å². The van der Waals surface area contributed by atoms with Gasteiger partial charge in [-0.25, -0.2) is 19.2 Å². The summed E-state index contributed by atoms with van der Waals surface area (Å²) in [6.45, 7) is 1.82. The molecule has 0 fully saturated rings. The number of carbonyl (C=O) groups is 1. The second-order valence-corrected chi connectivity index (χ2v) is 8.42. The van der Waals surface area contributed by atoms with Crippen LogP contribution in [0.15, 0.2) is 83.9 Å². The monoisotopic (exact) mass is 455 g/mol. The van der Waals surface area contributed by atoms with Gasteiger partial charge in [0.25, 0.3) is 11.3 Å². The van der Waals surface area contributed by atoms with Crippen molar-refractivity contribution in [1.29, 1.82) is 0 Å². The highest BCUT2D eigenvalue weighted by Crippen LogP contribution is 2.13. The lowest BCUT2D eigenvalue weighted by atomic mass is 10.1. The highest BCUT2D eigenvalue weighted by atomic mass is 35.5. The van der Waals surface area contributed by atoms with Crippen molar-refractivity contribution in [3.05, 3.63) is 101 Å². The van der Waals surface area contributed by atoms with E-state index in [1.807, 2.05) is 31.2 Å². The highest BCUT2D eigenvalue weighted by molar-refractivity contribution is 7.85. The van der Waals surface area contributed by atoms with Crippen molar-refractivity contribution in [2.75, 3.05) is 5.84 Å². The zero-order chi connectivity index (χ0) is 22.6. The summed E-state index contributed by atoms with van der Waals surface area (Å²) >= 11 is 5.82. The molecule has 0 atom stereocenters. The van der Waals surface area contributed by atoms with Gasteiger partial charge in [0.15, 0.2) is 0 Å². The molecule has 0 aliphatic carbocycles. The summed E-state index contributed by atoms with van der Waals surface area (Å²) in [5.74, 6) is 5.82. The van der Waals surface area contributed by atoms with Gasteiger partial charge in [0.2, 0.25) is 0 Å². The second kappa shape index (κ2) is 9.22. The number of aryl methyl sites for hydroxylation is 1. The van der Waals surface area contributed by atoms with Gasteiger partial charge in [-0.2, -0.15) is 0 Å². The first-order chi connectivity index (χ1) is 14.7. The van der Waals surface area contributed by atoms with Crippen LogP contribution in [0.5, 0.6) is 0 Å². The molecule has 0 saturated carbocycles. The van der Waals surface area contributed by atoms with Crippen LogP contribution < -0.4 is 10.5 Å². The van der Waals surface area contributed by atoms with Gasteiger partial charge < -0.3 is 4.55 Å². The lowest BCUT2D eigenvalue weighted by molar-refractivity contribution is -0.613. The summed E-state index contributed by atoms with van der Waals surface area (Å²) < 4.78 is 32.5. The molecule has 0 radical (unpaired) electrons. The third kappa shape index (κ3) is 5.43. The molecule has 1 heterocycles. The van der Waals surface area contributed by atoms with Crippen LogP contribution in [-0.4, -0.2) is 23.7 Å². The molecule has 2 N–H and O–H groups in total. The number of rotatable bonds is 3. The molecule has 0 unspecified atom stereocenters. The molecular formula is C22H18ClN3O4S. The van der Waals surface area contributed by atoms with E-state index in [1.54, 1.807) is 36.4 Å². The number of carbonyl (C=O) groups excluding carboxylic acids is 1. The minimum absolute atomic E-state index is 0.178. The number of ketones is 1. The summed E-state index contributed by atoms with van der Waals surface area (Å²) in [6.07, 6.45) is 1.49. The van der Waals surface area contributed by atoms with Crippen molar-refractivity contribution in [2.45, 2.75) is 11.8 Å². The topological polar surface area (TPSA) is 117 Å². The Hall–Kier alpha value is -3.33. The minimum atomic E-state index is -4.27. The average molecular weight is 456 g/mol. The Balaban J connectivity index is 0.000000210. The molecule has 1 aromatic heterocycles. The normalized spacial score (nSPS) is 10.9. The van der Waals surface area contributed by atoms with Crippen molar-refractivity contribution >= 4 is 38.5 Å². The summed E-state index contributed by atoms with van der Waals surface area (Å²) in [7, 11) is -4.27. The van der Waals surface area contributed by atoms with E-state index in [0.717, 1.165) is 11.1 Å². The van der Waals surface area contributed by atoms with E-state index >= 15 is 0 Å². The van der Waals surface area contributed by atoms with Crippen LogP contribution in [0.25, 0.3) is 11.0 Å². The Labute approximate surface area is 184 Å². The van der Waals surface area contributed by atoms with Gasteiger partial charge in [0.05, 0.1) is 4.90 Å². The molecule has 0 saturated heterocycles. The lowest BCUT2D eigenvalue weighted by Crippen LogP contribution is -2.50. The molecule has 4 rings (SSSR count). The van der Waals surface area contributed by atoms with Gasteiger partial charge in [0.1, 0.15) is 21.8 Å². The van der Waals surface area contributed by atoms with Gasteiger partial charge in [-0.05, 0) is 49.4 Å². The maximum Gasteiger partial charge on any atom is 0.301 e. The number of benzene rings is 3. The largest absolute Gasteiger partial charge is 0.744 e. The summed E-state index contributed by atoms with van der Waals surface area (Å²) in [4.78, 5) is 16.5. The molecule has 9 heteroatoms. The fourth-order valence-corrected chi connectivity index (χ4v) is 3.32. The van der Waals surface area contributed by atoms with Crippen LogP contribution in [0.2, 0.25) is 5.02 Å². The molecule has 0 aliphatic rings. The third-order valence-corrected chi connectivity index (χ3v) is 5.48. The Bertz CT molecular complexity index is 1340. The van der Waals surface area contributed by atoms with Gasteiger partial charge in [-0.1, -0.05) is 46.1 Å². The Morgan fingerprint density at radius 1 is 1.00 bits per heavy atom. The number of para-hydroxylation sites is 2. The zero-order valence-electron chi connectivity index (χ0n) is 16.4. The van der Waals surface area contributed by atoms with Gasteiger partial charge in [-0.15, -0.1) is 0 Å². The minimum Gasteiger partial charge on any atom is -0.744 e. The van der Waals surface area contributed by atoms with E-state index in [9.17, 15) is 17.8 Å². The number of nitrogens with two attached hydrogens (primary N) is 1. The number of aromatic nitrogens is 2. The SMILES string of the molecule is Cc1ccc(S(=O)(=O)[O-])cc1.N[n+]1c(C(=O)c2ccc(Cl)cc2)cnc2ccccc21. The Morgan fingerprint density at radius 3 is 2.23 bits per heavy atom. The van der Waals surface area contributed by atoms with Crippen LogP contribution in [-0.2, 0) is 10.1 Å². The van der Waals surface area contributed by atoms with E-state index in [2.05, 4.69) is 4.98 Å². The Morgan fingerprint density at radius 2 is 1.61 bits per heavy atom. The van der Waals surface area contributed by atoms with E-state index in [4.69, 9.17) is 17.4 Å². The summed E-state index contributed by atoms with van der Waals surface area (Å²) in [5, 5.41) is 0.582. The number of hydrogen-bond donors (Lipinski definition) is 1. The van der Waals surface area contributed by atoms with Crippen LogP contribution in [0.1, 0.15) is 21.6 Å². The number of nitrogen functional groups attached to an aromatic ring is 1. The Kier molecular flexibility index (Phi) is 6.65. The zero-order valence-corrected chi connectivity index (χ0v) is 18.0. The number of halogens is 1. The van der Waals surface area contributed by atoms with Gasteiger partial charge in [0, 0.05) is 16.7 Å². The first kappa shape index (κ1) is 22.4. The molecule has 4 aromatic rings. The van der Waals surface area contributed by atoms with Crippen LogP contribution in [0.3, 0.4) is 0 Å². The fraction of sp³-hybridized carbons (Fsp3) is 0.0455. The molecule has 158 valence electrons. The molecule has 0 spiro atoms. The van der Waals surface area contributed by atoms with Crippen molar-refractivity contribution < 1.29 is 22.4 Å². The van der Waals surface area contributed by atoms with Crippen molar-refractivity contribution in [1.82, 2.24) is 4.98 Å². The second-order valence-electron chi connectivity index (χ2n) is 6.61. The first-order valence-corrected chi connectivity index (χ1v) is 10.8. The molecule has 0 aliphatic heterocycles. The molecule has 7 nitrogen and oxygen atoms in total. The van der Waals surface area contributed by atoms with E-state index in [1.165, 1.54) is 23.0 Å². The van der Waals surface area contributed by atoms with Crippen molar-refractivity contribution in [3.63, 3.8) is 0 Å². The van der Waals surface area contributed by atoms with Gasteiger partial charge >= 0.3 is 5.69 Å². The standard InChI is InChI=1S/C15H10ClN3O.C7H8O3S/c16-11-7-5-10(6-8-11)15(20)14-9-18-12-3-1-2-4-13(12)19(14)17;1-6-2-4-7(5-3-6)11(8,9)10/h1-9H,(H-,17,18,20);2-5H,1H3,(H,8,9,10). The highest BCUT2D eigenvalue weighted by Gasteiger charge is 2.23. The summed E-state index contributed by atoms with van der Waals surface area (Å²) in [5.41, 5.74) is 3.21. The van der Waals surface area contributed by atoms with E-state index in [-0.39, 0.29) is 10.7 Å². The van der Waals surface area contributed by atoms with Crippen LogP contribution in [0.4, 0.5) is 0 Å². The van der Waals surface area contributed by atoms with Gasteiger partial charge in [-0.3, -0.25) is 4.79 Å². The molecule has 0 amide bonds. The van der Waals surface area contributed by atoms with Crippen LogP contribution >= 0.6 is 11.6 Å². The smallest absolute Gasteiger partial charge is 0.301 e.